The maximum atomic E-state index is 11.1. The summed E-state index contributed by atoms with van der Waals surface area (Å²) < 4.78 is 5.59. The molecule has 2 N–H and O–H groups in total. The molecule has 0 bridgehead atoms. The lowest BCUT2D eigenvalue weighted by atomic mass is 9.97. The Labute approximate surface area is 90.8 Å². The Morgan fingerprint density at radius 1 is 1.40 bits per heavy atom. The number of ether oxygens (including phenoxy) is 1. The van der Waals surface area contributed by atoms with Crippen LogP contribution in [0.25, 0.3) is 0 Å². The first-order chi connectivity index (χ1) is 7.25. The van der Waals surface area contributed by atoms with Gasteiger partial charge in [-0.2, -0.15) is 0 Å². The van der Waals surface area contributed by atoms with Gasteiger partial charge in [0.1, 0.15) is 0 Å². The number of carbonyl (C=O) groups excluding carboxylic acids is 1. The second kappa shape index (κ2) is 4.94. The molecule has 0 radical (unpaired) electrons. The summed E-state index contributed by atoms with van der Waals surface area (Å²) in [5.74, 6) is -0.0906. The van der Waals surface area contributed by atoms with E-state index in [1.807, 2.05) is 0 Å². The summed E-state index contributed by atoms with van der Waals surface area (Å²) >= 11 is 0. The third-order valence-corrected chi connectivity index (χ3v) is 3.39. The molecule has 4 heteroatoms. The van der Waals surface area contributed by atoms with E-state index < -0.39 is 0 Å². The minimum atomic E-state index is -0.146. The van der Waals surface area contributed by atoms with Gasteiger partial charge in [0, 0.05) is 19.7 Å². The van der Waals surface area contributed by atoms with Crippen LogP contribution in [0.15, 0.2) is 0 Å². The predicted molar refractivity (Wildman–Crippen MR) is 57.3 cm³/mol. The van der Waals surface area contributed by atoms with Crippen LogP contribution in [0.4, 0.5) is 0 Å². The SMILES string of the molecule is NC(=O)C1CCCN(CC2CCCO2)C1. The summed E-state index contributed by atoms with van der Waals surface area (Å²) in [5.41, 5.74) is 5.34. The zero-order valence-corrected chi connectivity index (χ0v) is 9.15. The molecular weight excluding hydrogens is 192 g/mol. The highest BCUT2D eigenvalue weighted by atomic mass is 16.5. The van der Waals surface area contributed by atoms with Crippen LogP contribution in [-0.4, -0.2) is 43.2 Å². The Kier molecular flexibility index (Phi) is 3.59. The van der Waals surface area contributed by atoms with E-state index in [1.165, 1.54) is 6.42 Å². The molecule has 2 saturated heterocycles. The highest BCUT2D eigenvalue weighted by molar-refractivity contribution is 5.76. The van der Waals surface area contributed by atoms with Gasteiger partial charge in [0.2, 0.25) is 5.91 Å². The van der Waals surface area contributed by atoms with Crippen molar-refractivity contribution in [2.75, 3.05) is 26.2 Å². The zero-order chi connectivity index (χ0) is 10.7. The normalized spacial score (nSPS) is 33.1. The Balaban J connectivity index is 1.79. The minimum Gasteiger partial charge on any atom is -0.377 e. The average molecular weight is 212 g/mol. The number of rotatable bonds is 3. The van der Waals surface area contributed by atoms with Crippen LogP contribution in [0, 0.1) is 5.92 Å². The topological polar surface area (TPSA) is 55.6 Å². The molecule has 0 aromatic heterocycles. The number of piperidine rings is 1. The third-order valence-electron chi connectivity index (χ3n) is 3.39. The molecule has 0 aliphatic carbocycles. The summed E-state index contributed by atoms with van der Waals surface area (Å²) in [7, 11) is 0. The largest absolute Gasteiger partial charge is 0.377 e. The summed E-state index contributed by atoms with van der Waals surface area (Å²) in [6.07, 6.45) is 4.77. The van der Waals surface area contributed by atoms with Gasteiger partial charge >= 0.3 is 0 Å². The lowest BCUT2D eigenvalue weighted by Gasteiger charge is -2.32. The van der Waals surface area contributed by atoms with E-state index in [0.717, 1.165) is 45.5 Å². The Bertz CT molecular complexity index is 227. The number of hydrogen-bond donors (Lipinski definition) is 1. The van der Waals surface area contributed by atoms with Crippen LogP contribution in [-0.2, 0) is 9.53 Å². The van der Waals surface area contributed by atoms with Crippen molar-refractivity contribution in [1.82, 2.24) is 4.90 Å². The molecule has 4 nitrogen and oxygen atoms in total. The van der Waals surface area contributed by atoms with E-state index in [4.69, 9.17) is 10.5 Å². The molecule has 15 heavy (non-hydrogen) atoms. The molecule has 2 rings (SSSR count). The molecule has 0 saturated carbocycles. The molecule has 1 amide bonds. The van der Waals surface area contributed by atoms with E-state index >= 15 is 0 Å². The molecule has 2 unspecified atom stereocenters. The van der Waals surface area contributed by atoms with Crippen LogP contribution in [0.1, 0.15) is 25.7 Å². The van der Waals surface area contributed by atoms with Gasteiger partial charge in [0.25, 0.3) is 0 Å². The van der Waals surface area contributed by atoms with Crippen molar-refractivity contribution < 1.29 is 9.53 Å². The number of nitrogens with zero attached hydrogens (tertiary/aromatic N) is 1. The van der Waals surface area contributed by atoms with E-state index in [2.05, 4.69) is 4.90 Å². The van der Waals surface area contributed by atoms with Crippen molar-refractivity contribution in [3.8, 4) is 0 Å². The molecule has 2 aliphatic heterocycles. The van der Waals surface area contributed by atoms with Crippen molar-refractivity contribution in [2.24, 2.45) is 11.7 Å². The number of likely N-dealkylation sites (tertiary alicyclic amines) is 1. The summed E-state index contributed by atoms with van der Waals surface area (Å²) in [6, 6.07) is 0. The van der Waals surface area contributed by atoms with Crippen LogP contribution in [0.3, 0.4) is 0 Å². The van der Waals surface area contributed by atoms with Gasteiger partial charge < -0.3 is 10.5 Å². The molecule has 2 atom stereocenters. The second-order valence-electron chi connectivity index (χ2n) is 4.64. The van der Waals surface area contributed by atoms with Crippen molar-refractivity contribution in [1.29, 1.82) is 0 Å². The zero-order valence-electron chi connectivity index (χ0n) is 9.15. The first-order valence-electron chi connectivity index (χ1n) is 5.89. The molecule has 0 spiro atoms. The summed E-state index contributed by atoms with van der Waals surface area (Å²) in [5, 5.41) is 0. The lowest BCUT2D eigenvalue weighted by molar-refractivity contribution is -0.123. The van der Waals surface area contributed by atoms with Gasteiger partial charge in [-0.3, -0.25) is 9.69 Å². The van der Waals surface area contributed by atoms with E-state index in [1.54, 1.807) is 0 Å². The van der Waals surface area contributed by atoms with E-state index in [9.17, 15) is 4.79 Å². The first kappa shape index (κ1) is 10.9. The molecule has 0 aromatic carbocycles. The maximum absolute atomic E-state index is 11.1. The third kappa shape index (κ3) is 2.92. The Morgan fingerprint density at radius 3 is 2.93 bits per heavy atom. The van der Waals surface area contributed by atoms with Crippen LogP contribution in [0.2, 0.25) is 0 Å². The van der Waals surface area contributed by atoms with Gasteiger partial charge in [0.15, 0.2) is 0 Å². The standard InChI is InChI=1S/C11H20N2O2/c12-11(14)9-3-1-5-13(7-9)8-10-4-2-6-15-10/h9-10H,1-8H2,(H2,12,14). The summed E-state index contributed by atoms with van der Waals surface area (Å²) in [6.45, 7) is 3.79. The quantitative estimate of drug-likeness (QED) is 0.735. The highest BCUT2D eigenvalue weighted by Crippen LogP contribution is 2.19. The summed E-state index contributed by atoms with van der Waals surface area (Å²) in [4.78, 5) is 13.4. The van der Waals surface area contributed by atoms with Gasteiger partial charge in [-0.25, -0.2) is 0 Å². The van der Waals surface area contributed by atoms with Gasteiger partial charge in [-0.1, -0.05) is 0 Å². The molecule has 2 aliphatic rings. The molecule has 2 heterocycles. The number of nitrogens with two attached hydrogens (primary N) is 1. The monoisotopic (exact) mass is 212 g/mol. The first-order valence-corrected chi connectivity index (χ1v) is 5.89. The fourth-order valence-electron chi connectivity index (χ4n) is 2.53. The van der Waals surface area contributed by atoms with Crippen LogP contribution in [0.5, 0.6) is 0 Å². The van der Waals surface area contributed by atoms with E-state index in [-0.39, 0.29) is 11.8 Å². The molecule has 86 valence electrons. The minimum absolute atomic E-state index is 0.0557. The van der Waals surface area contributed by atoms with Crippen molar-refractivity contribution >= 4 is 5.91 Å². The Morgan fingerprint density at radius 2 is 2.27 bits per heavy atom. The van der Waals surface area contributed by atoms with Gasteiger partial charge in [-0.05, 0) is 32.2 Å². The maximum Gasteiger partial charge on any atom is 0.221 e. The number of amides is 1. The fraction of sp³-hybridized carbons (Fsp3) is 0.909. The van der Waals surface area contributed by atoms with E-state index in [0.29, 0.717) is 6.10 Å². The van der Waals surface area contributed by atoms with Gasteiger partial charge in [-0.15, -0.1) is 0 Å². The Hall–Kier alpha value is -0.610. The van der Waals surface area contributed by atoms with Crippen molar-refractivity contribution in [2.45, 2.75) is 31.8 Å². The van der Waals surface area contributed by atoms with Crippen LogP contribution < -0.4 is 5.73 Å². The van der Waals surface area contributed by atoms with Crippen molar-refractivity contribution in [3.63, 3.8) is 0 Å². The molecular formula is C11H20N2O2. The fourth-order valence-corrected chi connectivity index (χ4v) is 2.53. The number of primary amides is 1. The molecule has 2 fully saturated rings. The number of carbonyl (C=O) groups is 1. The molecule has 0 aromatic rings. The average Bonchev–Trinajstić information content (AvgIpc) is 2.71. The second-order valence-corrected chi connectivity index (χ2v) is 4.64. The number of hydrogen-bond acceptors (Lipinski definition) is 3. The highest BCUT2D eigenvalue weighted by Gasteiger charge is 2.26. The smallest absolute Gasteiger partial charge is 0.221 e. The van der Waals surface area contributed by atoms with Crippen LogP contribution >= 0.6 is 0 Å². The van der Waals surface area contributed by atoms with Gasteiger partial charge in [0.05, 0.1) is 12.0 Å². The lowest BCUT2D eigenvalue weighted by Crippen LogP contribution is -2.43. The predicted octanol–water partition coefficient (Wildman–Crippen LogP) is 0.363. The van der Waals surface area contributed by atoms with Crippen molar-refractivity contribution in [3.05, 3.63) is 0 Å².